The van der Waals surface area contributed by atoms with E-state index in [1.54, 1.807) is 24.5 Å². The van der Waals surface area contributed by atoms with Crippen molar-refractivity contribution < 1.29 is 4.79 Å². The number of carbonyl (C=O) groups excluding carboxylic acids is 1. The summed E-state index contributed by atoms with van der Waals surface area (Å²) in [5.41, 5.74) is 7.57. The van der Waals surface area contributed by atoms with Gasteiger partial charge in [-0.05, 0) is 43.0 Å². The Morgan fingerprint density at radius 2 is 1.91 bits per heavy atom. The Balaban J connectivity index is 2.10. The van der Waals surface area contributed by atoms with Gasteiger partial charge >= 0.3 is 0 Å². The van der Waals surface area contributed by atoms with E-state index in [0.717, 1.165) is 16.3 Å². The lowest BCUT2D eigenvalue weighted by molar-refractivity contribution is 0.104. The second kappa shape index (κ2) is 5.76. The number of benzene rings is 2. The van der Waals surface area contributed by atoms with E-state index < -0.39 is 5.54 Å². The van der Waals surface area contributed by atoms with Crippen LogP contribution in [0.25, 0.3) is 10.8 Å². The average molecular weight is 325 g/mol. The van der Waals surface area contributed by atoms with Crippen LogP contribution in [0.4, 0.5) is 0 Å². The van der Waals surface area contributed by atoms with Crippen LogP contribution in [0.15, 0.2) is 54.9 Å². The average Bonchev–Trinajstić information content (AvgIpc) is 2.53. The van der Waals surface area contributed by atoms with Gasteiger partial charge in [0.05, 0.1) is 5.02 Å². The highest BCUT2D eigenvalue weighted by Crippen LogP contribution is 2.28. The summed E-state index contributed by atoms with van der Waals surface area (Å²) in [6.07, 6.45) is 3.43. The van der Waals surface area contributed by atoms with Crippen molar-refractivity contribution in [2.45, 2.75) is 19.4 Å². The van der Waals surface area contributed by atoms with Gasteiger partial charge in [-0.25, -0.2) is 0 Å². The van der Waals surface area contributed by atoms with Gasteiger partial charge in [-0.1, -0.05) is 35.9 Å². The smallest absolute Gasteiger partial charge is 0.195 e. The molecule has 3 nitrogen and oxygen atoms in total. The van der Waals surface area contributed by atoms with Crippen molar-refractivity contribution in [3.63, 3.8) is 0 Å². The number of ketones is 1. The van der Waals surface area contributed by atoms with Gasteiger partial charge in [0.15, 0.2) is 5.78 Å². The van der Waals surface area contributed by atoms with Crippen LogP contribution in [-0.2, 0) is 5.54 Å². The number of rotatable bonds is 3. The van der Waals surface area contributed by atoms with Crippen molar-refractivity contribution in [3.05, 3.63) is 76.6 Å². The minimum absolute atomic E-state index is 0.104. The number of pyridine rings is 1. The molecule has 2 N–H and O–H groups in total. The SMILES string of the molecule is CC(C)(N)c1ccc(C(=O)c2cccc3cnccc23)c(Cl)c1. The lowest BCUT2D eigenvalue weighted by Gasteiger charge is -2.20. The normalized spacial score (nSPS) is 11.7. The van der Waals surface area contributed by atoms with Gasteiger partial charge in [0, 0.05) is 34.4 Å². The molecule has 0 aliphatic rings. The number of nitrogens with two attached hydrogens (primary N) is 1. The number of hydrogen-bond donors (Lipinski definition) is 1. The lowest BCUT2D eigenvalue weighted by Crippen LogP contribution is -2.28. The highest BCUT2D eigenvalue weighted by molar-refractivity contribution is 6.35. The van der Waals surface area contributed by atoms with Crippen molar-refractivity contribution in [3.8, 4) is 0 Å². The molecular weight excluding hydrogens is 308 g/mol. The molecule has 0 aliphatic carbocycles. The maximum absolute atomic E-state index is 12.9. The molecule has 0 saturated carbocycles. The maximum Gasteiger partial charge on any atom is 0.195 e. The first-order valence-corrected chi connectivity index (χ1v) is 7.72. The Morgan fingerprint density at radius 1 is 1.13 bits per heavy atom. The molecule has 0 spiro atoms. The van der Waals surface area contributed by atoms with Gasteiger partial charge in [0.25, 0.3) is 0 Å². The highest BCUT2D eigenvalue weighted by atomic mass is 35.5. The topological polar surface area (TPSA) is 56.0 Å². The number of carbonyl (C=O) groups is 1. The molecule has 0 radical (unpaired) electrons. The Labute approximate surface area is 140 Å². The third-order valence-electron chi connectivity index (χ3n) is 3.88. The monoisotopic (exact) mass is 324 g/mol. The van der Waals surface area contributed by atoms with Crippen LogP contribution >= 0.6 is 11.6 Å². The zero-order chi connectivity index (χ0) is 16.6. The van der Waals surface area contributed by atoms with E-state index in [9.17, 15) is 4.79 Å². The largest absolute Gasteiger partial charge is 0.322 e. The van der Waals surface area contributed by atoms with Crippen molar-refractivity contribution in [2.75, 3.05) is 0 Å². The van der Waals surface area contributed by atoms with Crippen LogP contribution < -0.4 is 5.73 Å². The molecule has 0 fully saturated rings. The van der Waals surface area contributed by atoms with Gasteiger partial charge in [-0.3, -0.25) is 9.78 Å². The molecule has 0 atom stereocenters. The van der Waals surface area contributed by atoms with Crippen LogP contribution in [0, 0.1) is 0 Å². The molecule has 3 aromatic rings. The van der Waals surface area contributed by atoms with E-state index >= 15 is 0 Å². The lowest BCUT2D eigenvalue weighted by atomic mass is 9.92. The van der Waals surface area contributed by atoms with E-state index in [1.807, 2.05) is 44.2 Å². The minimum atomic E-state index is -0.504. The van der Waals surface area contributed by atoms with Gasteiger partial charge < -0.3 is 5.73 Å². The Hall–Kier alpha value is -2.23. The predicted molar refractivity (Wildman–Crippen MR) is 93.8 cm³/mol. The summed E-state index contributed by atoms with van der Waals surface area (Å²) in [4.78, 5) is 17.0. The number of nitrogens with zero attached hydrogens (tertiary/aromatic N) is 1. The van der Waals surface area contributed by atoms with Crippen LogP contribution in [0.2, 0.25) is 5.02 Å². The first-order chi connectivity index (χ1) is 10.9. The second-order valence-corrected chi connectivity index (χ2v) is 6.56. The molecular formula is C19H17ClN2O. The molecule has 0 amide bonds. The first kappa shape index (κ1) is 15.7. The quantitative estimate of drug-likeness (QED) is 0.730. The Morgan fingerprint density at radius 3 is 2.61 bits per heavy atom. The molecule has 0 bridgehead atoms. The Kier molecular flexibility index (Phi) is 3.92. The van der Waals surface area contributed by atoms with Gasteiger partial charge in [-0.15, -0.1) is 0 Å². The molecule has 4 heteroatoms. The molecule has 0 aliphatic heterocycles. The molecule has 23 heavy (non-hydrogen) atoms. The van der Waals surface area contributed by atoms with Crippen molar-refractivity contribution in [1.82, 2.24) is 4.98 Å². The van der Waals surface area contributed by atoms with Crippen LogP contribution in [-0.4, -0.2) is 10.8 Å². The minimum Gasteiger partial charge on any atom is -0.322 e. The van der Waals surface area contributed by atoms with Crippen LogP contribution in [0.5, 0.6) is 0 Å². The van der Waals surface area contributed by atoms with Crippen LogP contribution in [0.3, 0.4) is 0 Å². The molecule has 0 saturated heterocycles. The maximum atomic E-state index is 12.9. The zero-order valence-electron chi connectivity index (χ0n) is 13.0. The summed E-state index contributed by atoms with van der Waals surface area (Å²) in [7, 11) is 0. The highest BCUT2D eigenvalue weighted by Gasteiger charge is 2.19. The summed E-state index contributed by atoms with van der Waals surface area (Å²) < 4.78 is 0. The van der Waals surface area contributed by atoms with Gasteiger partial charge in [0.2, 0.25) is 0 Å². The standard InChI is InChI=1S/C19H17ClN2O/c1-19(2,21)13-6-7-16(17(20)10-13)18(23)15-5-3-4-12-11-22-9-8-14(12)15/h3-11H,21H2,1-2H3. The van der Waals surface area contributed by atoms with Crippen molar-refractivity contribution in [1.29, 1.82) is 0 Å². The first-order valence-electron chi connectivity index (χ1n) is 7.34. The second-order valence-electron chi connectivity index (χ2n) is 6.15. The van der Waals surface area contributed by atoms with E-state index in [2.05, 4.69) is 4.98 Å². The van der Waals surface area contributed by atoms with E-state index in [4.69, 9.17) is 17.3 Å². The molecule has 0 unspecified atom stereocenters. The van der Waals surface area contributed by atoms with Crippen molar-refractivity contribution in [2.24, 2.45) is 5.73 Å². The molecule has 2 aromatic carbocycles. The molecule has 116 valence electrons. The van der Waals surface area contributed by atoms with Crippen LogP contribution in [0.1, 0.15) is 35.3 Å². The fourth-order valence-electron chi connectivity index (χ4n) is 2.57. The summed E-state index contributed by atoms with van der Waals surface area (Å²) in [6.45, 7) is 3.80. The number of hydrogen-bond acceptors (Lipinski definition) is 3. The van der Waals surface area contributed by atoms with Gasteiger partial charge in [-0.2, -0.15) is 0 Å². The Bertz CT molecular complexity index is 892. The van der Waals surface area contributed by atoms with Gasteiger partial charge in [0.1, 0.15) is 0 Å². The van der Waals surface area contributed by atoms with E-state index in [-0.39, 0.29) is 5.78 Å². The molecule has 1 aromatic heterocycles. The predicted octanol–water partition coefficient (Wildman–Crippen LogP) is 4.31. The fraction of sp³-hybridized carbons (Fsp3) is 0.158. The number of fused-ring (bicyclic) bond motifs is 1. The number of aromatic nitrogens is 1. The fourth-order valence-corrected chi connectivity index (χ4v) is 2.83. The summed E-state index contributed by atoms with van der Waals surface area (Å²) in [5, 5.41) is 2.21. The summed E-state index contributed by atoms with van der Waals surface area (Å²) >= 11 is 6.34. The third-order valence-corrected chi connectivity index (χ3v) is 4.20. The third kappa shape index (κ3) is 2.98. The zero-order valence-corrected chi connectivity index (χ0v) is 13.8. The number of halogens is 1. The van der Waals surface area contributed by atoms with E-state index in [0.29, 0.717) is 16.1 Å². The molecule has 3 rings (SSSR count). The molecule has 1 heterocycles. The van der Waals surface area contributed by atoms with E-state index in [1.165, 1.54) is 0 Å². The summed E-state index contributed by atoms with van der Waals surface area (Å²) in [6, 6.07) is 12.8. The summed E-state index contributed by atoms with van der Waals surface area (Å²) in [5.74, 6) is -0.104. The van der Waals surface area contributed by atoms with Crippen molar-refractivity contribution >= 4 is 28.2 Å².